The van der Waals surface area contributed by atoms with Crippen LogP contribution in [0.4, 0.5) is 0 Å². The number of benzene rings is 2. The molecule has 5 atom stereocenters. The summed E-state index contributed by atoms with van der Waals surface area (Å²) in [6.07, 6.45) is 8.13. The summed E-state index contributed by atoms with van der Waals surface area (Å²) in [4.78, 5) is 17.7. The number of phenols is 1. The first-order valence-corrected chi connectivity index (χ1v) is 14.4. The molecule has 1 amide bonds. The van der Waals surface area contributed by atoms with Crippen molar-refractivity contribution in [2.45, 2.75) is 67.7 Å². The molecule has 2 N–H and O–H groups in total. The molecule has 0 radical (unpaired) electrons. The molecule has 38 heavy (non-hydrogen) atoms. The lowest BCUT2D eigenvalue weighted by Gasteiger charge is -2.64. The van der Waals surface area contributed by atoms with Crippen LogP contribution in [0.15, 0.2) is 36.4 Å². The molecule has 5 aliphatic rings. The molecule has 7 rings (SSSR count). The summed E-state index contributed by atoms with van der Waals surface area (Å²) in [6, 6.07) is 8.76. The smallest absolute Gasteiger partial charge is 0.246 e. The third kappa shape index (κ3) is 3.43. The van der Waals surface area contributed by atoms with Gasteiger partial charge in [-0.1, -0.05) is 35.3 Å². The number of aliphatic hydroxyl groups is 1. The second-order valence-corrected chi connectivity index (χ2v) is 12.7. The van der Waals surface area contributed by atoms with Gasteiger partial charge in [-0.15, -0.1) is 0 Å². The monoisotopic (exact) mass is 554 g/mol. The number of rotatable bonds is 5. The number of halogens is 2. The molecule has 6 nitrogen and oxygen atoms in total. The Balaban J connectivity index is 1.23. The highest BCUT2D eigenvalue weighted by molar-refractivity contribution is 6.42. The zero-order valence-electron chi connectivity index (χ0n) is 21.4. The summed E-state index contributed by atoms with van der Waals surface area (Å²) >= 11 is 12.2. The lowest BCUT2D eigenvalue weighted by atomic mass is 9.48. The number of phenolic OH excluding ortho intramolecular Hbond substituents is 1. The highest BCUT2D eigenvalue weighted by Gasteiger charge is 2.73. The van der Waals surface area contributed by atoms with Gasteiger partial charge in [-0.25, -0.2) is 0 Å². The number of carbonyl (C=O) groups is 1. The largest absolute Gasteiger partial charge is 0.504 e. The van der Waals surface area contributed by atoms with Crippen molar-refractivity contribution in [3.05, 3.63) is 63.1 Å². The SMILES string of the molecule is CN(C(=O)/C=C/c1ccc(Cl)c(Cl)c1)C1CC[C@@]2(O)[C@H]3Cc4ccc(O)c5c4[C@@]2(CCN3CC2CC2)C1O5. The van der Waals surface area contributed by atoms with Crippen LogP contribution in [0.1, 0.15) is 48.8 Å². The maximum Gasteiger partial charge on any atom is 0.246 e. The van der Waals surface area contributed by atoms with E-state index in [9.17, 15) is 15.0 Å². The van der Waals surface area contributed by atoms with Crippen molar-refractivity contribution in [2.24, 2.45) is 5.92 Å². The average molecular weight is 556 g/mol. The lowest BCUT2D eigenvalue weighted by Crippen LogP contribution is -2.78. The van der Waals surface area contributed by atoms with Gasteiger partial charge in [0.15, 0.2) is 11.5 Å². The van der Waals surface area contributed by atoms with Crippen LogP contribution in [0.2, 0.25) is 10.0 Å². The first-order valence-electron chi connectivity index (χ1n) is 13.6. The summed E-state index contributed by atoms with van der Waals surface area (Å²) in [5, 5.41) is 24.3. The fraction of sp³-hybridized carbons (Fsp3) is 0.500. The number of ether oxygens (including phenoxy) is 1. The van der Waals surface area contributed by atoms with Crippen LogP contribution in [0.25, 0.3) is 6.08 Å². The second kappa shape index (κ2) is 8.62. The summed E-state index contributed by atoms with van der Waals surface area (Å²) in [5.41, 5.74) is 1.31. The number of hydrogen-bond donors (Lipinski definition) is 2. The highest BCUT2D eigenvalue weighted by Crippen LogP contribution is 2.66. The van der Waals surface area contributed by atoms with E-state index < -0.39 is 17.1 Å². The Kier molecular flexibility index (Phi) is 5.62. The Labute approximate surface area is 232 Å². The van der Waals surface area contributed by atoms with E-state index in [0.717, 1.165) is 48.5 Å². The molecular weight excluding hydrogens is 523 g/mol. The molecular formula is C30H32Cl2N2O4. The molecule has 1 saturated heterocycles. The Morgan fingerprint density at radius 3 is 2.76 bits per heavy atom. The summed E-state index contributed by atoms with van der Waals surface area (Å²) in [7, 11) is 1.81. The Bertz CT molecular complexity index is 1360. The molecule has 2 aliphatic heterocycles. The van der Waals surface area contributed by atoms with Crippen molar-refractivity contribution in [1.29, 1.82) is 0 Å². The Morgan fingerprint density at radius 2 is 2.00 bits per heavy atom. The maximum absolute atomic E-state index is 13.4. The van der Waals surface area contributed by atoms with Crippen LogP contribution < -0.4 is 4.74 Å². The van der Waals surface area contributed by atoms with Gasteiger partial charge in [-0.3, -0.25) is 9.69 Å². The number of nitrogens with zero attached hydrogens (tertiary/aromatic N) is 2. The number of likely N-dealkylation sites (tertiary alicyclic amines) is 1. The lowest BCUT2D eigenvalue weighted by molar-refractivity contribution is -0.200. The molecule has 2 bridgehead atoms. The summed E-state index contributed by atoms with van der Waals surface area (Å²) in [5.74, 6) is 1.20. The standard InChI is InChI=1S/C30H32Cl2N2O4/c1-33(25(36)9-5-17-4-7-20(31)21(32)14-17)22-10-11-30(37)24-15-19-6-8-23(35)27-26(19)29(30,28(22)38-27)12-13-34(24)16-18-2-3-18/h4-9,14,18,22,24,28,35,37H,2-3,10-13,15-16H2,1H3/b9-5+/t22?,24-,28?,29+,30-/m1/s1. The molecule has 2 unspecified atom stereocenters. The van der Waals surface area contributed by atoms with E-state index in [2.05, 4.69) is 4.90 Å². The number of likely N-dealkylation sites (N-methyl/N-ethyl adjacent to an activating group) is 1. The van der Waals surface area contributed by atoms with Crippen LogP contribution in [0.3, 0.4) is 0 Å². The van der Waals surface area contributed by atoms with E-state index in [1.807, 2.05) is 19.2 Å². The average Bonchev–Trinajstić information content (AvgIpc) is 3.64. The first kappa shape index (κ1) is 24.8. The van der Waals surface area contributed by atoms with Crippen LogP contribution >= 0.6 is 23.2 Å². The van der Waals surface area contributed by atoms with Gasteiger partial charge in [0.1, 0.15) is 6.10 Å². The van der Waals surface area contributed by atoms with Gasteiger partial charge in [0.2, 0.25) is 5.91 Å². The van der Waals surface area contributed by atoms with Crippen molar-refractivity contribution < 1.29 is 19.7 Å². The highest BCUT2D eigenvalue weighted by atomic mass is 35.5. The van der Waals surface area contributed by atoms with E-state index in [1.54, 1.807) is 35.3 Å². The zero-order valence-corrected chi connectivity index (χ0v) is 22.9. The van der Waals surface area contributed by atoms with Gasteiger partial charge < -0.3 is 19.8 Å². The van der Waals surface area contributed by atoms with Crippen LogP contribution in [-0.4, -0.2) is 69.8 Å². The molecule has 2 saturated carbocycles. The van der Waals surface area contributed by atoms with E-state index in [4.69, 9.17) is 27.9 Å². The van der Waals surface area contributed by atoms with Crippen LogP contribution in [0, 0.1) is 5.92 Å². The molecule has 0 aromatic heterocycles. The van der Waals surface area contributed by atoms with E-state index in [-0.39, 0.29) is 23.7 Å². The van der Waals surface area contributed by atoms with Crippen molar-refractivity contribution in [3.8, 4) is 11.5 Å². The second-order valence-electron chi connectivity index (χ2n) is 11.9. The molecule has 2 aromatic rings. The fourth-order valence-corrected chi connectivity index (χ4v) is 8.22. The molecule has 2 heterocycles. The maximum atomic E-state index is 13.4. The molecule has 200 valence electrons. The first-order chi connectivity index (χ1) is 18.2. The van der Waals surface area contributed by atoms with Crippen molar-refractivity contribution in [2.75, 3.05) is 20.1 Å². The topological polar surface area (TPSA) is 73.2 Å². The van der Waals surface area contributed by atoms with Gasteiger partial charge in [0, 0.05) is 31.3 Å². The van der Waals surface area contributed by atoms with Crippen molar-refractivity contribution in [3.63, 3.8) is 0 Å². The normalized spacial score (nSPS) is 33.2. The number of carbonyl (C=O) groups excluding carboxylic acids is 1. The summed E-state index contributed by atoms with van der Waals surface area (Å²) < 4.78 is 6.60. The predicted molar refractivity (Wildman–Crippen MR) is 147 cm³/mol. The predicted octanol–water partition coefficient (Wildman–Crippen LogP) is 4.80. The third-order valence-electron chi connectivity index (χ3n) is 9.94. The molecule has 3 fully saturated rings. The Morgan fingerprint density at radius 1 is 1.18 bits per heavy atom. The molecule has 8 heteroatoms. The van der Waals surface area contributed by atoms with Gasteiger partial charge in [-0.05, 0) is 86.4 Å². The quantitative estimate of drug-likeness (QED) is 0.519. The minimum Gasteiger partial charge on any atom is -0.504 e. The number of piperidine rings is 1. The number of hydrogen-bond acceptors (Lipinski definition) is 5. The van der Waals surface area contributed by atoms with Crippen LogP contribution in [0.5, 0.6) is 11.5 Å². The third-order valence-corrected chi connectivity index (χ3v) is 10.7. The van der Waals surface area contributed by atoms with Gasteiger partial charge in [-0.2, -0.15) is 0 Å². The number of aromatic hydroxyl groups is 1. The Hall–Kier alpha value is -2.25. The minimum atomic E-state index is -0.965. The zero-order chi connectivity index (χ0) is 26.4. The van der Waals surface area contributed by atoms with Crippen LogP contribution in [-0.2, 0) is 16.6 Å². The summed E-state index contributed by atoms with van der Waals surface area (Å²) in [6.45, 7) is 1.93. The molecule has 2 aromatic carbocycles. The minimum absolute atomic E-state index is 0.0162. The van der Waals surface area contributed by atoms with Crippen molar-refractivity contribution >= 4 is 35.2 Å². The number of amides is 1. The van der Waals surface area contributed by atoms with E-state index >= 15 is 0 Å². The van der Waals surface area contributed by atoms with Crippen molar-refractivity contribution in [1.82, 2.24) is 9.80 Å². The molecule has 3 aliphatic carbocycles. The fourth-order valence-electron chi connectivity index (χ4n) is 7.92. The van der Waals surface area contributed by atoms with E-state index in [1.165, 1.54) is 12.8 Å². The van der Waals surface area contributed by atoms with E-state index in [0.29, 0.717) is 28.6 Å². The van der Waals surface area contributed by atoms with Gasteiger partial charge in [0.05, 0.1) is 27.1 Å². The molecule has 1 spiro atoms. The van der Waals surface area contributed by atoms with Gasteiger partial charge >= 0.3 is 0 Å². The van der Waals surface area contributed by atoms with Gasteiger partial charge in [0.25, 0.3) is 0 Å².